The summed E-state index contributed by atoms with van der Waals surface area (Å²) in [5.74, 6) is 1.41. The number of rotatable bonds is 9. The highest BCUT2D eigenvalue weighted by Gasteiger charge is 2.34. The number of hydrogen-bond donors (Lipinski definition) is 1. The smallest absolute Gasteiger partial charge is 0.246 e. The van der Waals surface area contributed by atoms with E-state index < -0.39 is 10.0 Å². The minimum absolute atomic E-state index is 0.0799. The van der Waals surface area contributed by atoms with Crippen LogP contribution in [0.3, 0.4) is 0 Å². The highest BCUT2D eigenvalue weighted by atomic mass is 32.2. The highest BCUT2D eigenvalue weighted by Crippen LogP contribution is 2.33. The molecule has 1 fully saturated rings. The number of methoxy groups -OCH3 is 3. The number of hydrogen-bond acceptors (Lipinski definition) is 6. The first-order chi connectivity index (χ1) is 16.6. The number of amides is 1. The van der Waals surface area contributed by atoms with Crippen molar-refractivity contribution in [2.45, 2.75) is 50.5 Å². The quantitative estimate of drug-likeness (QED) is 0.552. The number of carbonyl (C=O) groups excluding carboxylic acids is 1. The number of carbonyl (C=O) groups is 1. The molecule has 9 heteroatoms. The Hall–Kier alpha value is -2.78. The number of sulfonamides is 1. The Bertz CT molecular complexity index is 1140. The largest absolute Gasteiger partial charge is 0.495 e. The average molecular weight is 505 g/mol. The monoisotopic (exact) mass is 504 g/mol. The topological polar surface area (TPSA) is 94.2 Å². The van der Waals surface area contributed by atoms with Gasteiger partial charge in [-0.05, 0) is 61.1 Å². The van der Waals surface area contributed by atoms with Crippen LogP contribution < -0.4 is 19.5 Å². The normalized spacial score (nSPS) is 16.1. The van der Waals surface area contributed by atoms with Gasteiger partial charge in [-0.2, -0.15) is 4.31 Å². The minimum Gasteiger partial charge on any atom is -0.495 e. The van der Waals surface area contributed by atoms with Crippen LogP contribution in [-0.2, 0) is 14.8 Å². The van der Waals surface area contributed by atoms with Crippen molar-refractivity contribution in [2.24, 2.45) is 5.92 Å². The van der Waals surface area contributed by atoms with Gasteiger partial charge in [0.1, 0.15) is 10.6 Å². The molecule has 1 aliphatic heterocycles. The van der Waals surface area contributed by atoms with Crippen LogP contribution in [0.1, 0.15) is 56.7 Å². The molecule has 0 spiro atoms. The number of piperidine rings is 1. The molecule has 2 aromatic carbocycles. The van der Waals surface area contributed by atoms with Crippen LogP contribution in [0.25, 0.3) is 0 Å². The van der Waals surface area contributed by atoms with E-state index in [0.717, 1.165) is 11.1 Å². The van der Waals surface area contributed by atoms with Crippen molar-refractivity contribution >= 4 is 15.9 Å². The summed E-state index contributed by atoms with van der Waals surface area (Å²) in [5, 5.41) is 3.05. The first kappa shape index (κ1) is 26.8. The fourth-order valence-corrected chi connectivity index (χ4v) is 5.95. The van der Waals surface area contributed by atoms with Crippen molar-refractivity contribution < 1.29 is 27.4 Å². The lowest BCUT2D eigenvalue weighted by Crippen LogP contribution is -2.43. The van der Waals surface area contributed by atoms with Crippen molar-refractivity contribution in [3.8, 4) is 17.2 Å². The van der Waals surface area contributed by atoms with Gasteiger partial charge >= 0.3 is 0 Å². The van der Waals surface area contributed by atoms with E-state index >= 15 is 0 Å². The zero-order valence-corrected chi connectivity index (χ0v) is 22.1. The first-order valence-electron chi connectivity index (χ1n) is 11.8. The molecule has 1 unspecified atom stereocenters. The summed E-state index contributed by atoms with van der Waals surface area (Å²) in [7, 11) is 0.879. The molecule has 1 N–H and O–H groups in total. The maximum Gasteiger partial charge on any atom is 0.246 e. The Labute approximate surface area is 208 Å². The molecular weight excluding hydrogens is 468 g/mol. The Morgan fingerprint density at radius 3 is 2.03 bits per heavy atom. The second-order valence-electron chi connectivity index (χ2n) is 9.09. The molecule has 8 nitrogen and oxygen atoms in total. The molecule has 0 radical (unpaired) electrons. The van der Waals surface area contributed by atoms with Crippen molar-refractivity contribution in [1.29, 1.82) is 0 Å². The molecule has 1 amide bonds. The van der Waals surface area contributed by atoms with E-state index in [-0.39, 0.29) is 41.8 Å². The van der Waals surface area contributed by atoms with E-state index in [9.17, 15) is 13.2 Å². The molecule has 35 heavy (non-hydrogen) atoms. The molecular formula is C26H36N2O6S. The summed E-state index contributed by atoms with van der Waals surface area (Å²) in [4.78, 5) is 13.1. The third-order valence-electron chi connectivity index (χ3n) is 6.56. The van der Waals surface area contributed by atoms with Crippen LogP contribution in [0.2, 0.25) is 0 Å². The first-order valence-corrected chi connectivity index (χ1v) is 13.3. The van der Waals surface area contributed by atoms with Crippen LogP contribution >= 0.6 is 0 Å². The summed E-state index contributed by atoms with van der Waals surface area (Å²) in [5.41, 5.74) is 1.83. The van der Waals surface area contributed by atoms with Crippen LogP contribution in [-0.4, -0.2) is 53.0 Å². The van der Waals surface area contributed by atoms with Gasteiger partial charge in [-0.3, -0.25) is 4.79 Å². The molecule has 192 valence electrons. The lowest BCUT2D eigenvalue weighted by Gasteiger charge is -2.31. The maximum absolute atomic E-state index is 13.4. The van der Waals surface area contributed by atoms with E-state index in [4.69, 9.17) is 14.2 Å². The van der Waals surface area contributed by atoms with Gasteiger partial charge in [-0.15, -0.1) is 0 Å². The van der Waals surface area contributed by atoms with E-state index in [1.54, 1.807) is 26.4 Å². The Morgan fingerprint density at radius 1 is 0.886 bits per heavy atom. The third kappa shape index (κ3) is 5.90. The van der Waals surface area contributed by atoms with Crippen molar-refractivity contribution in [3.05, 3.63) is 47.5 Å². The maximum atomic E-state index is 13.4. The molecule has 1 aliphatic rings. The lowest BCUT2D eigenvalue weighted by molar-refractivity contribution is -0.126. The van der Waals surface area contributed by atoms with Crippen LogP contribution in [0.4, 0.5) is 0 Å². The van der Waals surface area contributed by atoms with E-state index in [0.29, 0.717) is 30.1 Å². The molecule has 3 rings (SSSR count). The highest BCUT2D eigenvalue weighted by molar-refractivity contribution is 7.89. The number of nitrogens with zero attached hydrogens (tertiary/aromatic N) is 1. The summed E-state index contributed by atoms with van der Waals surface area (Å²) >= 11 is 0. The molecule has 0 aromatic heterocycles. The average Bonchev–Trinajstić information content (AvgIpc) is 2.87. The molecule has 1 heterocycles. The number of nitrogens with one attached hydrogen (secondary N) is 1. The van der Waals surface area contributed by atoms with Crippen LogP contribution in [0.15, 0.2) is 41.3 Å². The molecule has 0 aliphatic carbocycles. The van der Waals surface area contributed by atoms with Gasteiger partial charge in [0.05, 0.1) is 27.4 Å². The van der Waals surface area contributed by atoms with Crippen LogP contribution in [0.5, 0.6) is 17.2 Å². The van der Waals surface area contributed by atoms with E-state index in [1.165, 1.54) is 11.4 Å². The third-order valence-corrected chi connectivity index (χ3v) is 8.48. The van der Waals surface area contributed by atoms with Gasteiger partial charge in [0.2, 0.25) is 15.9 Å². The lowest BCUT2D eigenvalue weighted by atomic mass is 9.96. The van der Waals surface area contributed by atoms with E-state index in [2.05, 4.69) is 5.32 Å². The van der Waals surface area contributed by atoms with Gasteiger partial charge in [-0.1, -0.05) is 26.0 Å². The minimum atomic E-state index is -3.74. The molecule has 0 bridgehead atoms. The summed E-state index contributed by atoms with van der Waals surface area (Å²) in [6.45, 7) is 6.50. The fourth-order valence-electron chi connectivity index (χ4n) is 4.29. The zero-order valence-electron chi connectivity index (χ0n) is 21.3. The van der Waals surface area contributed by atoms with Gasteiger partial charge in [0.25, 0.3) is 0 Å². The van der Waals surface area contributed by atoms with Gasteiger partial charge < -0.3 is 19.5 Å². The van der Waals surface area contributed by atoms with Crippen molar-refractivity contribution in [2.75, 3.05) is 34.4 Å². The van der Waals surface area contributed by atoms with Gasteiger partial charge in [0, 0.05) is 19.0 Å². The number of benzene rings is 2. The predicted molar refractivity (Wildman–Crippen MR) is 135 cm³/mol. The molecule has 2 aromatic rings. The fraction of sp³-hybridized carbons (Fsp3) is 0.500. The van der Waals surface area contributed by atoms with Crippen molar-refractivity contribution in [1.82, 2.24) is 9.62 Å². The van der Waals surface area contributed by atoms with E-state index in [1.807, 2.05) is 45.0 Å². The zero-order chi connectivity index (χ0) is 25.8. The summed E-state index contributed by atoms with van der Waals surface area (Å²) in [6, 6.07) is 10.6. The standard InChI is InChI=1S/C26H36N2O6S/c1-17(2)20-7-10-23(33-5)25(16-20)35(30,31)28-13-11-19(12-14-28)26(29)27-18(3)21-8-9-22(32-4)24(15-21)34-6/h7-10,15-19H,11-14H2,1-6H3,(H,27,29). The molecule has 0 saturated carbocycles. The molecule has 1 saturated heterocycles. The van der Waals surface area contributed by atoms with Crippen LogP contribution in [0, 0.1) is 5.92 Å². The Balaban J connectivity index is 1.66. The summed E-state index contributed by atoms with van der Waals surface area (Å²) < 4.78 is 44.3. The predicted octanol–water partition coefficient (Wildman–Crippen LogP) is 4.11. The van der Waals surface area contributed by atoms with Gasteiger partial charge in [0.15, 0.2) is 11.5 Å². The Kier molecular flexibility index (Phi) is 8.66. The van der Waals surface area contributed by atoms with Gasteiger partial charge in [-0.25, -0.2) is 8.42 Å². The SMILES string of the molecule is COc1ccc(C(C)NC(=O)C2CCN(S(=O)(=O)c3cc(C(C)C)ccc3OC)CC2)cc1OC. The second-order valence-corrected chi connectivity index (χ2v) is 11.0. The molecule has 1 atom stereocenters. The summed E-state index contributed by atoms with van der Waals surface area (Å²) in [6.07, 6.45) is 0.909. The second kappa shape index (κ2) is 11.3. The number of ether oxygens (including phenoxy) is 3. The van der Waals surface area contributed by atoms with Crippen molar-refractivity contribution in [3.63, 3.8) is 0 Å². The Morgan fingerprint density at radius 2 is 1.46 bits per heavy atom.